The molecule has 0 bridgehead atoms. The summed E-state index contributed by atoms with van der Waals surface area (Å²) in [5, 5.41) is 23.1. The van der Waals surface area contributed by atoms with Gasteiger partial charge in [0.1, 0.15) is 11.9 Å². The van der Waals surface area contributed by atoms with E-state index in [4.69, 9.17) is 9.47 Å². The largest absolute Gasteiger partial charge is 0.573 e. The fraction of sp³-hybridized carbons (Fsp3) is 0.429. The maximum atomic E-state index is 12.1. The molecule has 0 aromatic heterocycles. The van der Waals surface area contributed by atoms with Crippen molar-refractivity contribution in [2.24, 2.45) is 0 Å². The Morgan fingerprint density at radius 1 is 1.42 bits per heavy atom. The van der Waals surface area contributed by atoms with Gasteiger partial charge in [-0.05, 0) is 22.6 Å². The summed E-state index contributed by atoms with van der Waals surface area (Å²) in [7, 11) is 0. The molecule has 0 amide bonds. The van der Waals surface area contributed by atoms with E-state index >= 15 is 0 Å². The first kappa shape index (κ1) is 18.2. The van der Waals surface area contributed by atoms with Crippen molar-refractivity contribution < 1.29 is 37.4 Å². The Morgan fingerprint density at radius 3 is 2.73 bits per heavy atom. The van der Waals surface area contributed by atoms with Crippen LogP contribution in [-0.2, 0) is 16.1 Å². The topological polar surface area (TPSA) is 106 Å². The van der Waals surface area contributed by atoms with Crippen LogP contribution in [0, 0.1) is 10.1 Å². The molecular weight excluding hydrogens is 363 g/mol. The molecule has 2 heterocycles. The average Bonchev–Trinajstić information content (AvgIpc) is 2.90. The number of alkyl halides is 3. The summed E-state index contributed by atoms with van der Waals surface area (Å²) in [4.78, 5) is 11.3. The van der Waals surface area contributed by atoms with E-state index in [1.54, 1.807) is 0 Å². The van der Waals surface area contributed by atoms with Gasteiger partial charge in [0, 0.05) is 0 Å². The zero-order valence-electron chi connectivity index (χ0n) is 13.1. The SMILES string of the molecule is O=[N+]([O-])C1=CN2CC(OCc3ccc(OC(F)(F)F)cc3)COC2(O)N1. The number of nitro groups is 1. The van der Waals surface area contributed by atoms with E-state index in [-0.39, 0.29) is 25.5 Å². The fourth-order valence-electron chi connectivity index (χ4n) is 2.48. The maximum absolute atomic E-state index is 12.1. The van der Waals surface area contributed by atoms with Gasteiger partial charge in [-0.1, -0.05) is 12.1 Å². The van der Waals surface area contributed by atoms with E-state index in [1.807, 2.05) is 0 Å². The summed E-state index contributed by atoms with van der Waals surface area (Å²) in [5.74, 6) is -0.749. The predicted molar refractivity (Wildman–Crippen MR) is 77.5 cm³/mol. The second kappa shape index (κ2) is 6.63. The van der Waals surface area contributed by atoms with E-state index in [9.17, 15) is 28.4 Å². The Bertz CT molecular complexity index is 711. The molecule has 3 rings (SSSR count). The van der Waals surface area contributed by atoms with Crippen molar-refractivity contribution in [3.63, 3.8) is 0 Å². The first-order chi connectivity index (χ1) is 12.1. The first-order valence-corrected chi connectivity index (χ1v) is 7.38. The number of halogens is 3. The van der Waals surface area contributed by atoms with Gasteiger partial charge in [-0.15, -0.1) is 13.2 Å². The zero-order chi connectivity index (χ0) is 18.9. The Labute approximate surface area is 144 Å². The van der Waals surface area contributed by atoms with Gasteiger partial charge in [0.25, 0.3) is 0 Å². The van der Waals surface area contributed by atoms with Crippen molar-refractivity contribution in [2.45, 2.75) is 25.1 Å². The van der Waals surface area contributed by atoms with Crippen LogP contribution >= 0.6 is 0 Å². The van der Waals surface area contributed by atoms with Crippen molar-refractivity contribution in [3.05, 3.63) is 52.0 Å². The summed E-state index contributed by atoms with van der Waals surface area (Å²) >= 11 is 0. The van der Waals surface area contributed by atoms with Crippen molar-refractivity contribution in [3.8, 4) is 5.75 Å². The normalized spacial score (nSPS) is 25.3. The lowest BCUT2D eigenvalue weighted by Crippen LogP contribution is -2.61. The van der Waals surface area contributed by atoms with Gasteiger partial charge in [0.15, 0.2) is 0 Å². The van der Waals surface area contributed by atoms with Gasteiger partial charge < -0.3 is 24.7 Å². The minimum absolute atomic E-state index is 0.0336. The number of hydrogen-bond acceptors (Lipinski definition) is 8. The monoisotopic (exact) mass is 377 g/mol. The van der Waals surface area contributed by atoms with Crippen molar-refractivity contribution in [2.75, 3.05) is 13.2 Å². The summed E-state index contributed by atoms with van der Waals surface area (Å²) in [6.45, 7) is 0.163. The minimum atomic E-state index is -4.76. The van der Waals surface area contributed by atoms with Gasteiger partial charge in [0.05, 0.1) is 25.9 Å². The number of hydrogen-bond donors (Lipinski definition) is 2. The third-order valence-corrected chi connectivity index (χ3v) is 3.67. The lowest BCUT2D eigenvalue weighted by molar-refractivity contribution is -0.439. The van der Waals surface area contributed by atoms with Crippen LogP contribution < -0.4 is 10.1 Å². The molecule has 1 saturated heterocycles. The maximum Gasteiger partial charge on any atom is 0.573 e. The predicted octanol–water partition coefficient (Wildman–Crippen LogP) is 1.08. The zero-order valence-corrected chi connectivity index (χ0v) is 13.1. The van der Waals surface area contributed by atoms with Crippen LogP contribution in [0.1, 0.15) is 5.56 Å². The van der Waals surface area contributed by atoms with E-state index in [2.05, 4.69) is 10.1 Å². The highest BCUT2D eigenvalue weighted by atomic mass is 19.4. The lowest BCUT2D eigenvalue weighted by atomic mass is 10.2. The number of nitrogens with one attached hydrogen (secondary N) is 1. The third kappa shape index (κ3) is 4.15. The van der Waals surface area contributed by atoms with Gasteiger partial charge in [-0.2, -0.15) is 5.32 Å². The number of nitrogens with zero attached hydrogens (tertiary/aromatic N) is 2. The Balaban J connectivity index is 1.54. The summed E-state index contributed by atoms with van der Waals surface area (Å²) in [6, 6.07) is 3.18. The van der Waals surface area contributed by atoms with E-state index in [0.29, 0.717) is 5.56 Å². The van der Waals surface area contributed by atoms with Gasteiger partial charge in [0.2, 0.25) is 0 Å². The van der Waals surface area contributed by atoms with Crippen LogP contribution in [-0.4, -0.2) is 46.6 Å². The van der Waals surface area contributed by atoms with Crippen molar-refractivity contribution in [1.82, 2.24) is 10.2 Å². The molecule has 1 aromatic rings. The molecule has 1 fully saturated rings. The van der Waals surface area contributed by atoms with Crippen molar-refractivity contribution >= 4 is 0 Å². The summed E-state index contributed by atoms with van der Waals surface area (Å²) in [5.41, 5.74) is 0.599. The van der Waals surface area contributed by atoms with Crippen LogP contribution in [0.5, 0.6) is 5.75 Å². The molecular formula is C14H14F3N3O6. The number of rotatable bonds is 5. The van der Waals surface area contributed by atoms with Gasteiger partial charge in [-0.25, -0.2) is 0 Å². The van der Waals surface area contributed by atoms with Gasteiger partial charge in [-0.3, -0.25) is 9.64 Å². The summed E-state index contributed by atoms with van der Waals surface area (Å²) < 4.78 is 50.9. The molecule has 9 nitrogen and oxygen atoms in total. The van der Waals surface area contributed by atoms with Gasteiger partial charge >= 0.3 is 18.2 Å². The number of benzene rings is 1. The molecule has 0 spiro atoms. The van der Waals surface area contributed by atoms with Crippen LogP contribution in [0.3, 0.4) is 0 Å². The summed E-state index contributed by atoms with van der Waals surface area (Å²) in [6.07, 6.45) is -4.15. The van der Waals surface area contributed by atoms with Crippen molar-refractivity contribution in [1.29, 1.82) is 0 Å². The number of aliphatic hydroxyl groups is 1. The molecule has 2 atom stereocenters. The van der Waals surface area contributed by atoms with Crippen LogP contribution in [0.25, 0.3) is 0 Å². The highest BCUT2D eigenvalue weighted by Crippen LogP contribution is 2.27. The molecule has 2 aliphatic rings. The smallest absolute Gasteiger partial charge is 0.406 e. The quantitative estimate of drug-likeness (QED) is 0.580. The van der Waals surface area contributed by atoms with E-state index < -0.39 is 29.2 Å². The Kier molecular flexibility index (Phi) is 4.64. The molecule has 0 saturated carbocycles. The molecule has 0 aliphatic carbocycles. The van der Waals surface area contributed by atoms with E-state index in [0.717, 1.165) is 6.20 Å². The molecule has 2 aliphatic heterocycles. The molecule has 2 unspecified atom stereocenters. The Hall–Kier alpha value is -2.57. The Morgan fingerprint density at radius 2 is 2.12 bits per heavy atom. The highest BCUT2D eigenvalue weighted by Gasteiger charge is 2.51. The number of fused-ring (bicyclic) bond motifs is 1. The second-order valence-electron chi connectivity index (χ2n) is 5.59. The highest BCUT2D eigenvalue weighted by molar-refractivity contribution is 5.27. The molecule has 0 radical (unpaired) electrons. The second-order valence-corrected chi connectivity index (χ2v) is 5.59. The molecule has 2 N–H and O–H groups in total. The standard InChI is InChI=1S/C14H14F3N3O6/c15-13(16,17)26-10-3-1-9(2-4-10)7-24-11-5-19-6-12(20(22)23)18-14(19,21)25-8-11/h1-4,6,11,18,21H,5,7-8H2. The van der Waals surface area contributed by atoms with Crippen LogP contribution in [0.2, 0.25) is 0 Å². The lowest BCUT2D eigenvalue weighted by Gasteiger charge is -2.37. The average molecular weight is 377 g/mol. The first-order valence-electron chi connectivity index (χ1n) is 7.38. The fourth-order valence-corrected chi connectivity index (χ4v) is 2.48. The molecule has 1 aromatic carbocycles. The molecule has 12 heteroatoms. The number of ether oxygens (including phenoxy) is 3. The van der Waals surface area contributed by atoms with Crippen LogP contribution in [0.15, 0.2) is 36.3 Å². The molecule has 26 heavy (non-hydrogen) atoms. The van der Waals surface area contributed by atoms with E-state index in [1.165, 1.54) is 29.2 Å². The van der Waals surface area contributed by atoms with Crippen LogP contribution in [0.4, 0.5) is 13.2 Å². The molecule has 142 valence electrons. The third-order valence-electron chi connectivity index (χ3n) is 3.67. The minimum Gasteiger partial charge on any atom is -0.406 e.